The molecular formula is C13H11BrN2O2S. The number of benzene rings is 1. The predicted molar refractivity (Wildman–Crippen MR) is 78.6 cm³/mol. The summed E-state index contributed by atoms with van der Waals surface area (Å²) in [6, 6.07) is 7.75. The molecule has 4 nitrogen and oxygen atoms in total. The SMILES string of the molecule is O=C(O)c1nccnc1C(S)Cc1ccccc1Br. The van der Waals surface area contributed by atoms with Crippen molar-refractivity contribution >= 4 is 34.5 Å². The van der Waals surface area contributed by atoms with Gasteiger partial charge in [-0.25, -0.2) is 9.78 Å². The van der Waals surface area contributed by atoms with Crippen molar-refractivity contribution in [1.29, 1.82) is 0 Å². The minimum atomic E-state index is -1.09. The standard InChI is InChI=1S/C13H11BrN2O2S/c14-9-4-2-1-3-8(9)7-10(19)11-12(13(17)18)16-6-5-15-11/h1-6,10,19H,7H2,(H,17,18). The zero-order chi connectivity index (χ0) is 13.8. The smallest absolute Gasteiger partial charge is 0.356 e. The fourth-order valence-electron chi connectivity index (χ4n) is 1.73. The molecule has 0 saturated carbocycles. The Morgan fingerprint density at radius 2 is 2.00 bits per heavy atom. The molecule has 2 aromatic rings. The Morgan fingerprint density at radius 1 is 1.32 bits per heavy atom. The van der Waals surface area contributed by atoms with Gasteiger partial charge < -0.3 is 5.11 Å². The number of hydrogen-bond acceptors (Lipinski definition) is 4. The lowest BCUT2D eigenvalue weighted by Crippen LogP contribution is -2.10. The van der Waals surface area contributed by atoms with E-state index in [0.717, 1.165) is 10.0 Å². The van der Waals surface area contributed by atoms with Gasteiger partial charge in [-0.15, -0.1) is 0 Å². The Hall–Kier alpha value is -1.40. The molecule has 0 bridgehead atoms. The lowest BCUT2D eigenvalue weighted by Gasteiger charge is -2.12. The lowest BCUT2D eigenvalue weighted by molar-refractivity contribution is 0.0688. The monoisotopic (exact) mass is 338 g/mol. The zero-order valence-corrected chi connectivity index (χ0v) is 12.3. The second-order valence-corrected chi connectivity index (χ2v) is 5.38. The molecule has 2 rings (SSSR count). The second kappa shape index (κ2) is 6.16. The predicted octanol–water partition coefficient (Wildman–Crippen LogP) is 3.15. The van der Waals surface area contributed by atoms with Crippen LogP contribution < -0.4 is 0 Å². The van der Waals surface area contributed by atoms with E-state index in [9.17, 15) is 4.79 Å². The van der Waals surface area contributed by atoms with E-state index in [1.165, 1.54) is 12.4 Å². The molecule has 0 radical (unpaired) electrons. The molecule has 98 valence electrons. The second-order valence-electron chi connectivity index (χ2n) is 3.91. The molecule has 19 heavy (non-hydrogen) atoms. The van der Waals surface area contributed by atoms with Crippen molar-refractivity contribution < 1.29 is 9.90 Å². The molecule has 1 aromatic heterocycles. The van der Waals surface area contributed by atoms with Crippen LogP contribution in [0, 0.1) is 0 Å². The molecule has 0 aliphatic heterocycles. The van der Waals surface area contributed by atoms with E-state index in [0.29, 0.717) is 12.1 Å². The van der Waals surface area contributed by atoms with Crippen molar-refractivity contribution in [3.63, 3.8) is 0 Å². The van der Waals surface area contributed by atoms with E-state index in [4.69, 9.17) is 5.11 Å². The highest BCUT2D eigenvalue weighted by atomic mass is 79.9. The van der Waals surface area contributed by atoms with Gasteiger partial charge >= 0.3 is 5.97 Å². The van der Waals surface area contributed by atoms with Crippen LogP contribution in [-0.2, 0) is 6.42 Å². The number of aromatic nitrogens is 2. The number of halogens is 1. The molecule has 0 aliphatic rings. The molecule has 0 aliphatic carbocycles. The highest BCUT2D eigenvalue weighted by molar-refractivity contribution is 9.10. The molecular weight excluding hydrogens is 328 g/mol. The summed E-state index contributed by atoms with van der Waals surface area (Å²) in [6.07, 6.45) is 3.42. The Labute approximate surface area is 124 Å². The summed E-state index contributed by atoms with van der Waals surface area (Å²) in [7, 11) is 0. The summed E-state index contributed by atoms with van der Waals surface area (Å²) < 4.78 is 0.967. The van der Waals surface area contributed by atoms with E-state index in [-0.39, 0.29) is 10.9 Å². The van der Waals surface area contributed by atoms with Crippen LogP contribution in [0.25, 0.3) is 0 Å². The molecule has 0 saturated heterocycles. The molecule has 0 spiro atoms. The first kappa shape index (κ1) is 14.0. The van der Waals surface area contributed by atoms with Crippen molar-refractivity contribution in [1.82, 2.24) is 9.97 Å². The summed E-state index contributed by atoms with van der Waals surface area (Å²) in [5.74, 6) is -1.09. The zero-order valence-electron chi connectivity index (χ0n) is 9.82. The first-order chi connectivity index (χ1) is 9.09. The minimum absolute atomic E-state index is 0.0467. The third-order valence-corrected chi connectivity index (χ3v) is 3.82. The third-order valence-electron chi connectivity index (χ3n) is 2.62. The van der Waals surface area contributed by atoms with Crippen LogP contribution in [0.5, 0.6) is 0 Å². The average molecular weight is 339 g/mol. The Kier molecular flexibility index (Phi) is 4.55. The fourth-order valence-corrected chi connectivity index (χ4v) is 2.56. The van der Waals surface area contributed by atoms with Crippen molar-refractivity contribution in [3.05, 3.63) is 58.1 Å². The average Bonchev–Trinajstić information content (AvgIpc) is 2.41. The van der Waals surface area contributed by atoms with Gasteiger partial charge in [0.2, 0.25) is 0 Å². The van der Waals surface area contributed by atoms with Crippen LogP contribution >= 0.6 is 28.6 Å². The molecule has 1 heterocycles. The normalized spacial score (nSPS) is 12.1. The molecule has 1 N–H and O–H groups in total. The van der Waals surface area contributed by atoms with Gasteiger partial charge in [0.1, 0.15) is 0 Å². The van der Waals surface area contributed by atoms with Gasteiger partial charge in [-0.2, -0.15) is 12.6 Å². The van der Waals surface area contributed by atoms with E-state index >= 15 is 0 Å². The maximum absolute atomic E-state index is 11.1. The highest BCUT2D eigenvalue weighted by Crippen LogP contribution is 2.28. The molecule has 1 aromatic carbocycles. The van der Waals surface area contributed by atoms with Gasteiger partial charge in [-0.05, 0) is 18.1 Å². The molecule has 0 fully saturated rings. The third kappa shape index (κ3) is 3.33. The topological polar surface area (TPSA) is 63.1 Å². The van der Waals surface area contributed by atoms with E-state index < -0.39 is 5.97 Å². The van der Waals surface area contributed by atoms with E-state index in [1.807, 2.05) is 24.3 Å². The van der Waals surface area contributed by atoms with Crippen LogP contribution in [0.1, 0.15) is 27.0 Å². The van der Waals surface area contributed by atoms with Crippen molar-refractivity contribution in [3.8, 4) is 0 Å². The summed E-state index contributed by atoms with van der Waals surface area (Å²) in [4.78, 5) is 19.0. The van der Waals surface area contributed by atoms with Crippen LogP contribution in [0.4, 0.5) is 0 Å². The van der Waals surface area contributed by atoms with Gasteiger partial charge in [-0.1, -0.05) is 34.1 Å². The Balaban J connectivity index is 2.28. The Bertz CT molecular complexity index is 607. The number of carbonyl (C=O) groups is 1. The fraction of sp³-hybridized carbons (Fsp3) is 0.154. The number of hydrogen-bond donors (Lipinski definition) is 2. The number of thiol groups is 1. The highest BCUT2D eigenvalue weighted by Gasteiger charge is 2.19. The van der Waals surface area contributed by atoms with Gasteiger partial charge in [-0.3, -0.25) is 4.98 Å². The number of aromatic carboxylic acids is 1. The number of nitrogens with zero attached hydrogens (tertiary/aromatic N) is 2. The number of carboxylic acid groups (broad SMARTS) is 1. The quantitative estimate of drug-likeness (QED) is 0.840. The maximum atomic E-state index is 11.1. The van der Waals surface area contributed by atoms with Crippen LogP contribution in [0.15, 0.2) is 41.1 Å². The molecule has 1 atom stereocenters. The van der Waals surface area contributed by atoms with Gasteiger partial charge in [0.05, 0.1) is 10.9 Å². The van der Waals surface area contributed by atoms with Gasteiger partial charge in [0, 0.05) is 16.9 Å². The summed E-state index contributed by atoms with van der Waals surface area (Å²) >= 11 is 7.91. The number of rotatable bonds is 4. The summed E-state index contributed by atoms with van der Waals surface area (Å²) in [6.45, 7) is 0. The van der Waals surface area contributed by atoms with Gasteiger partial charge in [0.25, 0.3) is 0 Å². The minimum Gasteiger partial charge on any atom is -0.476 e. The first-order valence-electron chi connectivity index (χ1n) is 5.55. The molecule has 0 amide bonds. The largest absolute Gasteiger partial charge is 0.476 e. The lowest BCUT2D eigenvalue weighted by atomic mass is 10.1. The van der Waals surface area contributed by atoms with Crippen molar-refractivity contribution in [2.75, 3.05) is 0 Å². The Morgan fingerprint density at radius 3 is 2.68 bits per heavy atom. The molecule has 6 heteroatoms. The van der Waals surface area contributed by atoms with Gasteiger partial charge in [0.15, 0.2) is 5.69 Å². The summed E-state index contributed by atoms with van der Waals surface area (Å²) in [5.41, 5.74) is 1.38. The molecule has 1 unspecified atom stereocenters. The van der Waals surface area contributed by atoms with Crippen LogP contribution in [0.3, 0.4) is 0 Å². The van der Waals surface area contributed by atoms with E-state index in [2.05, 4.69) is 38.5 Å². The number of carboxylic acids is 1. The van der Waals surface area contributed by atoms with Crippen LogP contribution in [0.2, 0.25) is 0 Å². The maximum Gasteiger partial charge on any atom is 0.356 e. The van der Waals surface area contributed by atoms with Crippen molar-refractivity contribution in [2.24, 2.45) is 0 Å². The van der Waals surface area contributed by atoms with Crippen molar-refractivity contribution in [2.45, 2.75) is 11.7 Å². The van der Waals surface area contributed by atoms with E-state index in [1.54, 1.807) is 0 Å². The first-order valence-corrected chi connectivity index (χ1v) is 6.86. The summed E-state index contributed by atoms with van der Waals surface area (Å²) in [5, 5.41) is 8.77. The van der Waals surface area contributed by atoms with Crippen LogP contribution in [-0.4, -0.2) is 21.0 Å².